The first-order valence-electron chi connectivity index (χ1n) is 7.86. The van der Waals surface area contributed by atoms with Crippen molar-refractivity contribution in [2.45, 2.75) is 17.9 Å². The second-order valence-corrected chi connectivity index (χ2v) is 7.42. The summed E-state index contributed by atoms with van der Waals surface area (Å²) in [4.78, 5) is 13.0. The average molecular weight is 459 g/mol. The van der Waals surface area contributed by atoms with Gasteiger partial charge in [-0.3, -0.25) is 4.79 Å². The van der Waals surface area contributed by atoms with Gasteiger partial charge in [-0.1, -0.05) is 58.4 Å². The van der Waals surface area contributed by atoms with E-state index in [9.17, 15) is 23.1 Å². The van der Waals surface area contributed by atoms with Crippen LogP contribution in [-0.4, -0.2) is 27.9 Å². The van der Waals surface area contributed by atoms with Gasteiger partial charge in [0.15, 0.2) is 10.9 Å². The standard InChI is InChI=1S/C18H14BrF3N2O2S/c19-12-8-6-10(7-9-12)14-13(15(25)11-4-2-1-3-5-11)17(26,18(20,21)22)24-16(27)23-14/h1-9,13-14,26H,(H2,23,24,27)/t13-,14-,17-/m0/s1. The van der Waals surface area contributed by atoms with E-state index in [4.69, 9.17) is 12.2 Å². The predicted octanol–water partition coefficient (Wildman–Crippen LogP) is 3.72. The first-order chi connectivity index (χ1) is 12.6. The molecular formula is C18H14BrF3N2O2S. The van der Waals surface area contributed by atoms with Gasteiger partial charge in [0.05, 0.1) is 6.04 Å². The van der Waals surface area contributed by atoms with Crippen molar-refractivity contribution in [1.29, 1.82) is 0 Å². The Morgan fingerprint density at radius 2 is 1.70 bits per heavy atom. The van der Waals surface area contributed by atoms with Gasteiger partial charge < -0.3 is 15.7 Å². The van der Waals surface area contributed by atoms with Gasteiger partial charge in [-0.15, -0.1) is 0 Å². The van der Waals surface area contributed by atoms with Crippen LogP contribution in [0, 0.1) is 5.92 Å². The summed E-state index contributed by atoms with van der Waals surface area (Å²) in [5.41, 5.74) is -3.07. The van der Waals surface area contributed by atoms with Crippen molar-refractivity contribution < 1.29 is 23.1 Å². The van der Waals surface area contributed by atoms with E-state index in [0.717, 1.165) is 4.47 Å². The fourth-order valence-corrected chi connectivity index (χ4v) is 3.62. The van der Waals surface area contributed by atoms with Gasteiger partial charge in [-0.2, -0.15) is 13.2 Å². The Kier molecular flexibility index (Phi) is 5.29. The van der Waals surface area contributed by atoms with Crippen molar-refractivity contribution in [1.82, 2.24) is 10.6 Å². The Morgan fingerprint density at radius 3 is 2.26 bits per heavy atom. The van der Waals surface area contributed by atoms with E-state index in [1.807, 2.05) is 5.32 Å². The van der Waals surface area contributed by atoms with Crippen LogP contribution in [0.1, 0.15) is 22.0 Å². The van der Waals surface area contributed by atoms with Crippen molar-refractivity contribution in [3.05, 3.63) is 70.2 Å². The highest BCUT2D eigenvalue weighted by molar-refractivity contribution is 9.10. The summed E-state index contributed by atoms with van der Waals surface area (Å²) in [6.07, 6.45) is -5.14. The largest absolute Gasteiger partial charge is 0.437 e. The summed E-state index contributed by atoms with van der Waals surface area (Å²) in [5.74, 6) is -2.75. The first-order valence-corrected chi connectivity index (χ1v) is 9.06. The van der Waals surface area contributed by atoms with Crippen LogP contribution in [0.3, 0.4) is 0 Å². The zero-order valence-corrected chi connectivity index (χ0v) is 16.0. The van der Waals surface area contributed by atoms with Crippen LogP contribution in [0.5, 0.6) is 0 Å². The van der Waals surface area contributed by atoms with Gasteiger partial charge in [0.1, 0.15) is 5.92 Å². The molecule has 1 aliphatic rings. The number of alkyl halides is 3. The zero-order chi connectivity index (χ0) is 19.8. The van der Waals surface area contributed by atoms with Gasteiger partial charge in [0.2, 0.25) is 5.72 Å². The molecular weight excluding hydrogens is 445 g/mol. The Morgan fingerprint density at radius 1 is 1.11 bits per heavy atom. The fourth-order valence-electron chi connectivity index (χ4n) is 3.07. The molecule has 27 heavy (non-hydrogen) atoms. The van der Waals surface area contributed by atoms with Crippen LogP contribution in [0.4, 0.5) is 13.2 Å². The van der Waals surface area contributed by atoms with Gasteiger partial charge in [0, 0.05) is 10.0 Å². The van der Waals surface area contributed by atoms with Gasteiger partial charge >= 0.3 is 6.18 Å². The number of hydrogen-bond acceptors (Lipinski definition) is 3. The molecule has 0 amide bonds. The molecule has 1 saturated heterocycles. The number of rotatable bonds is 3. The number of halogens is 4. The molecule has 1 heterocycles. The highest BCUT2D eigenvalue weighted by atomic mass is 79.9. The third kappa shape index (κ3) is 3.71. The Balaban J connectivity index is 2.15. The second kappa shape index (κ2) is 7.21. The van der Waals surface area contributed by atoms with Crippen LogP contribution in [0.15, 0.2) is 59.1 Å². The average Bonchev–Trinajstić information content (AvgIpc) is 2.61. The van der Waals surface area contributed by atoms with Crippen LogP contribution < -0.4 is 10.6 Å². The summed E-state index contributed by atoms with van der Waals surface area (Å²) >= 11 is 8.14. The minimum Gasteiger partial charge on any atom is -0.363 e. The maximum Gasteiger partial charge on any atom is 0.437 e. The van der Waals surface area contributed by atoms with Crippen molar-refractivity contribution in [2.24, 2.45) is 5.92 Å². The third-order valence-corrected chi connectivity index (χ3v) is 5.12. The summed E-state index contributed by atoms with van der Waals surface area (Å²) in [6, 6.07) is 12.8. The molecule has 0 aromatic heterocycles. The monoisotopic (exact) mass is 458 g/mol. The van der Waals surface area contributed by atoms with Gasteiger partial charge in [-0.25, -0.2) is 0 Å². The molecule has 9 heteroatoms. The number of thiocarbonyl (C=S) groups is 1. The lowest BCUT2D eigenvalue weighted by Gasteiger charge is -2.46. The van der Waals surface area contributed by atoms with E-state index in [1.165, 1.54) is 12.1 Å². The molecule has 142 valence electrons. The van der Waals surface area contributed by atoms with E-state index in [2.05, 4.69) is 21.2 Å². The molecule has 3 rings (SSSR count). The summed E-state index contributed by atoms with van der Waals surface area (Å²) in [6.45, 7) is 0. The lowest BCUT2D eigenvalue weighted by atomic mass is 9.77. The highest BCUT2D eigenvalue weighted by Crippen LogP contribution is 2.44. The molecule has 0 radical (unpaired) electrons. The topological polar surface area (TPSA) is 61.4 Å². The van der Waals surface area contributed by atoms with Crippen molar-refractivity contribution >= 4 is 39.0 Å². The first kappa shape index (κ1) is 19.8. The van der Waals surface area contributed by atoms with Crippen molar-refractivity contribution in [3.8, 4) is 0 Å². The number of hydrogen-bond donors (Lipinski definition) is 3. The summed E-state index contributed by atoms with van der Waals surface area (Å²) < 4.78 is 42.2. The van der Waals surface area contributed by atoms with Crippen LogP contribution in [0.25, 0.3) is 0 Å². The zero-order valence-electron chi connectivity index (χ0n) is 13.6. The molecule has 2 aromatic carbocycles. The van der Waals surface area contributed by atoms with E-state index in [-0.39, 0.29) is 10.7 Å². The molecule has 0 spiro atoms. The molecule has 0 aliphatic carbocycles. The molecule has 0 bridgehead atoms. The second-order valence-electron chi connectivity index (χ2n) is 6.10. The Labute approximate surface area is 166 Å². The molecule has 2 aromatic rings. The number of aliphatic hydroxyl groups is 1. The number of Topliss-reactive ketones (excluding diaryl/α,β-unsaturated/α-hetero) is 1. The van der Waals surface area contributed by atoms with Crippen LogP contribution in [-0.2, 0) is 0 Å². The van der Waals surface area contributed by atoms with Crippen LogP contribution >= 0.6 is 28.1 Å². The van der Waals surface area contributed by atoms with Crippen molar-refractivity contribution in [2.75, 3.05) is 0 Å². The number of nitrogens with one attached hydrogen (secondary N) is 2. The maximum absolute atomic E-state index is 13.8. The summed E-state index contributed by atoms with van der Waals surface area (Å²) in [5, 5.41) is 14.7. The number of carbonyl (C=O) groups is 1. The highest BCUT2D eigenvalue weighted by Gasteiger charge is 2.65. The lowest BCUT2D eigenvalue weighted by Crippen LogP contribution is -2.72. The van der Waals surface area contributed by atoms with Gasteiger partial charge in [0.25, 0.3) is 0 Å². The lowest BCUT2D eigenvalue weighted by molar-refractivity contribution is -0.285. The van der Waals surface area contributed by atoms with Crippen molar-refractivity contribution in [3.63, 3.8) is 0 Å². The minimum absolute atomic E-state index is 0.0590. The number of ketones is 1. The minimum atomic E-state index is -5.14. The summed E-state index contributed by atoms with van der Waals surface area (Å²) in [7, 11) is 0. The number of carbonyl (C=O) groups excluding carboxylic acids is 1. The van der Waals surface area contributed by atoms with Gasteiger partial charge in [-0.05, 0) is 29.9 Å². The molecule has 1 fully saturated rings. The SMILES string of the molecule is O=C(c1ccccc1)[C@@H]1[C@H](c2ccc(Br)cc2)NC(=S)N[C@@]1(O)C(F)(F)F. The molecule has 3 N–H and O–H groups in total. The van der Waals surface area contributed by atoms with Crippen LogP contribution in [0.2, 0.25) is 0 Å². The van der Waals surface area contributed by atoms with E-state index >= 15 is 0 Å². The van der Waals surface area contributed by atoms with E-state index in [0.29, 0.717) is 5.56 Å². The van der Waals surface area contributed by atoms with E-state index < -0.39 is 29.6 Å². The number of benzene rings is 2. The molecule has 0 saturated carbocycles. The normalized spacial score (nSPS) is 25.4. The molecule has 1 aliphatic heterocycles. The quantitative estimate of drug-likeness (QED) is 0.483. The predicted molar refractivity (Wildman–Crippen MR) is 101 cm³/mol. The maximum atomic E-state index is 13.8. The fraction of sp³-hybridized carbons (Fsp3) is 0.222. The third-order valence-electron chi connectivity index (χ3n) is 4.38. The molecule has 0 unspecified atom stereocenters. The molecule has 3 atom stereocenters. The Hall–Kier alpha value is -1.97. The van der Waals surface area contributed by atoms with E-state index in [1.54, 1.807) is 42.5 Å². The molecule has 4 nitrogen and oxygen atoms in total. The smallest absolute Gasteiger partial charge is 0.363 e. The Bertz CT molecular complexity index is 861.